The second-order valence-corrected chi connectivity index (χ2v) is 6.58. The van der Waals surface area contributed by atoms with Gasteiger partial charge in [-0.3, -0.25) is 4.79 Å². The zero-order chi connectivity index (χ0) is 15.5. The van der Waals surface area contributed by atoms with Crippen LogP contribution in [0.3, 0.4) is 0 Å². The van der Waals surface area contributed by atoms with Gasteiger partial charge in [0, 0.05) is 22.2 Å². The number of piperidine rings is 1. The van der Waals surface area contributed by atoms with Gasteiger partial charge < -0.3 is 21.2 Å². The molecule has 0 bridgehead atoms. The number of nitrogens with two attached hydrogens (primary N) is 1. The molecule has 1 aliphatic rings. The Kier molecular flexibility index (Phi) is 5.04. The van der Waals surface area contributed by atoms with Crippen LogP contribution in [0.4, 0.5) is 0 Å². The third-order valence-electron chi connectivity index (χ3n) is 3.88. The summed E-state index contributed by atoms with van der Waals surface area (Å²) in [4.78, 5) is 14.6. The van der Waals surface area contributed by atoms with Crippen LogP contribution in [0.1, 0.15) is 23.2 Å². The van der Waals surface area contributed by atoms with Gasteiger partial charge in [-0.1, -0.05) is 11.2 Å². The Hall–Kier alpha value is -1.35. The number of amides is 1. The molecule has 0 aliphatic carbocycles. The van der Waals surface area contributed by atoms with Crippen LogP contribution in [-0.4, -0.2) is 47.5 Å². The van der Waals surface area contributed by atoms with Crippen LogP contribution in [0.2, 0.25) is 0 Å². The predicted octanol–water partition coefficient (Wildman–Crippen LogP) is 1.23. The summed E-state index contributed by atoms with van der Waals surface area (Å²) in [6.07, 6.45) is 1.24. The third kappa shape index (κ3) is 3.65. The number of halogens is 1. The third-order valence-corrected chi connectivity index (χ3v) is 4.55. The van der Waals surface area contributed by atoms with E-state index in [1.807, 2.05) is 25.2 Å². The number of nitrogens with zero attached hydrogens (tertiary/aromatic N) is 2. The number of hydrogen-bond acceptors (Lipinski definition) is 4. The van der Waals surface area contributed by atoms with Crippen molar-refractivity contribution < 1.29 is 10.0 Å². The van der Waals surface area contributed by atoms with E-state index >= 15 is 0 Å². The van der Waals surface area contributed by atoms with Crippen molar-refractivity contribution in [2.45, 2.75) is 18.4 Å². The van der Waals surface area contributed by atoms with E-state index in [-0.39, 0.29) is 11.7 Å². The average Bonchev–Trinajstić information content (AvgIpc) is 2.49. The SMILES string of the molecule is CN1CCC(NC(=O)c2cccc(I)c2)(/C(N)=N/O)CC1. The van der Waals surface area contributed by atoms with Crippen molar-refractivity contribution in [3.05, 3.63) is 33.4 Å². The molecule has 2 rings (SSSR count). The normalized spacial score (nSPS) is 19.2. The second kappa shape index (κ2) is 6.61. The van der Waals surface area contributed by atoms with Crippen LogP contribution in [0.15, 0.2) is 29.4 Å². The molecule has 4 N–H and O–H groups in total. The smallest absolute Gasteiger partial charge is 0.252 e. The molecule has 21 heavy (non-hydrogen) atoms. The highest BCUT2D eigenvalue weighted by Crippen LogP contribution is 2.23. The molecule has 114 valence electrons. The largest absolute Gasteiger partial charge is 0.409 e. The first-order valence-corrected chi connectivity index (χ1v) is 7.79. The number of oxime groups is 1. The first-order valence-electron chi connectivity index (χ1n) is 6.71. The molecule has 1 saturated heterocycles. The molecule has 7 heteroatoms. The summed E-state index contributed by atoms with van der Waals surface area (Å²) in [5, 5.41) is 15.1. The molecule has 1 heterocycles. The maximum absolute atomic E-state index is 12.5. The van der Waals surface area contributed by atoms with Gasteiger partial charge in [0.05, 0.1) is 0 Å². The molecule has 1 amide bonds. The molecule has 1 aliphatic heterocycles. The number of nitrogens with one attached hydrogen (secondary N) is 1. The lowest BCUT2D eigenvalue weighted by atomic mass is 9.86. The maximum atomic E-state index is 12.5. The minimum absolute atomic E-state index is 0.0644. The van der Waals surface area contributed by atoms with Gasteiger partial charge in [0.2, 0.25) is 0 Å². The molecule has 0 saturated carbocycles. The summed E-state index contributed by atoms with van der Waals surface area (Å²) >= 11 is 2.16. The van der Waals surface area contributed by atoms with Gasteiger partial charge in [0.1, 0.15) is 5.54 Å². The zero-order valence-electron chi connectivity index (χ0n) is 11.8. The van der Waals surface area contributed by atoms with E-state index in [1.165, 1.54) is 0 Å². The molecule has 0 unspecified atom stereocenters. The highest BCUT2D eigenvalue weighted by molar-refractivity contribution is 14.1. The van der Waals surface area contributed by atoms with E-state index in [2.05, 4.69) is 38.0 Å². The quantitative estimate of drug-likeness (QED) is 0.233. The first kappa shape index (κ1) is 16.0. The van der Waals surface area contributed by atoms with E-state index in [9.17, 15) is 4.79 Å². The Morgan fingerprint density at radius 1 is 1.48 bits per heavy atom. The molecule has 0 aromatic heterocycles. The molecular weight excluding hydrogens is 383 g/mol. The van der Waals surface area contributed by atoms with E-state index in [4.69, 9.17) is 10.9 Å². The summed E-state index contributed by atoms with van der Waals surface area (Å²) in [5.41, 5.74) is 5.65. The van der Waals surface area contributed by atoms with E-state index < -0.39 is 5.54 Å². The number of hydrogen-bond donors (Lipinski definition) is 3. The van der Waals surface area contributed by atoms with Gasteiger partial charge in [-0.25, -0.2) is 0 Å². The molecule has 0 spiro atoms. The molecule has 1 fully saturated rings. The molecule has 0 radical (unpaired) electrons. The minimum atomic E-state index is -0.778. The molecule has 1 aromatic rings. The lowest BCUT2D eigenvalue weighted by Crippen LogP contribution is -2.62. The van der Waals surface area contributed by atoms with Crippen LogP contribution in [-0.2, 0) is 0 Å². The van der Waals surface area contributed by atoms with Gasteiger partial charge in [-0.05, 0) is 60.7 Å². The van der Waals surface area contributed by atoms with Crippen LogP contribution < -0.4 is 11.1 Å². The standard InChI is InChI=1S/C14H19IN4O2/c1-19-7-5-14(6-8-19,13(16)18-21)17-12(20)10-3-2-4-11(15)9-10/h2-4,9,21H,5-8H2,1H3,(H2,16,18)(H,17,20). The van der Waals surface area contributed by atoms with Crippen molar-refractivity contribution in [3.8, 4) is 0 Å². The van der Waals surface area contributed by atoms with Crippen LogP contribution >= 0.6 is 22.6 Å². The number of amidine groups is 1. The van der Waals surface area contributed by atoms with Crippen LogP contribution in [0.5, 0.6) is 0 Å². The maximum Gasteiger partial charge on any atom is 0.252 e. The van der Waals surface area contributed by atoms with Gasteiger partial charge in [0.15, 0.2) is 5.84 Å². The number of carbonyl (C=O) groups excluding carboxylic acids is 1. The summed E-state index contributed by atoms with van der Waals surface area (Å²) in [7, 11) is 2.01. The highest BCUT2D eigenvalue weighted by atomic mass is 127. The van der Waals surface area contributed by atoms with Gasteiger partial charge >= 0.3 is 0 Å². The highest BCUT2D eigenvalue weighted by Gasteiger charge is 2.39. The van der Waals surface area contributed by atoms with E-state index in [0.717, 1.165) is 16.7 Å². The van der Waals surface area contributed by atoms with Crippen LogP contribution in [0, 0.1) is 3.57 Å². The van der Waals surface area contributed by atoms with Crippen molar-refractivity contribution >= 4 is 34.3 Å². The Morgan fingerprint density at radius 3 is 2.71 bits per heavy atom. The number of benzene rings is 1. The van der Waals surface area contributed by atoms with Crippen LogP contribution in [0.25, 0.3) is 0 Å². The Morgan fingerprint density at radius 2 is 2.14 bits per heavy atom. The zero-order valence-corrected chi connectivity index (χ0v) is 14.0. The summed E-state index contributed by atoms with van der Waals surface area (Å²) < 4.78 is 0.987. The van der Waals surface area contributed by atoms with E-state index in [0.29, 0.717) is 18.4 Å². The Bertz CT molecular complexity index is 554. The lowest BCUT2D eigenvalue weighted by molar-refractivity contribution is 0.0886. The second-order valence-electron chi connectivity index (χ2n) is 5.34. The van der Waals surface area contributed by atoms with Gasteiger partial charge in [0.25, 0.3) is 5.91 Å². The molecular formula is C14H19IN4O2. The fraction of sp³-hybridized carbons (Fsp3) is 0.429. The van der Waals surface area contributed by atoms with Gasteiger partial charge in [-0.2, -0.15) is 0 Å². The summed E-state index contributed by atoms with van der Waals surface area (Å²) in [5.74, 6) is -0.140. The van der Waals surface area contributed by atoms with Crippen molar-refractivity contribution in [3.63, 3.8) is 0 Å². The monoisotopic (exact) mass is 402 g/mol. The van der Waals surface area contributed by atoms with Crippen molar-refractivity contribution in [2.75, 3.05) is 20.1 Å². The minimum Gasteiger partial charge on any atom is -0.409 e. The summed E-state index contributed by atoms with van der Waals surface area (Å²) in [6.45, 7) is 1.56. The number of rotatable bonds is 3. The number of carbonyl (C=O) groups is 1. The molecule has 1 aromatic carbocycles. The summed E-state index contributed by atoms with van der Waals surface area (Å²) in [6, 6.07) is 7.32. The van der Waals surface area contributed by atoms with Crippen molar-refractivity contribution in [1.29, 1.82) is 0 Å². The lowest BCUT2D eigenvalue weighted by Gasteiger charge is -2.40. The first-order chi connectivity index (χ1) is 9.97. The van der Waals surface area contributed by atoms with Crippen molar-refractivity contribution in [1.82, 2.24) is 10.2 Å². The fourth-order valence-electron chi connectivity index (χ4n) is 2.46. The number of likely N-dealkylation sites (tertiary alicyclic amines) is 1. The fourth-order valence-corrected chi connectivity index (χ4v) is 3.00. The predicted molar refractivity (Wildman–Crippen MR) is 89.5 cm³/mol. The molecule has 6 nitrogen and oxygen atoms in total. The van der Waals surface area contributed by atoms with Gasteiger partial charge in [-0.15, -0.1) is 0 Å². The average molecular weight is 402 g/mol. The molecule has 0 atom stereocenters. The van der Waals surface area contributed by atoms with E-state index in [1.54, 1.807) is 6.07 Å². The Labute approximate surface area is 137 Å². The Balaban J connectivity index is 2.21. The topological polar surface area (TPSA) is 91.0 Å². The van der Waals surface area contributed by atoms with Crippen molar-refractivity contribution in [2.24, 2.45) is 10.9 Å².